The van der Waals surface area contributed by atoms with E-state index in [4.69, 9.17) is 18.9 Å². The molecule has 4 heterocycles. The predicted octanol–water partition coefficient (Wildman–Crippen LogP) is 2.17. The molecule has 3 aromatic carbocycles. The Morgan fingerprint density at radius 1 is 1.07 bits per heavy atom. The minimum Gasteiger partial charge on any atom is -0.508 e. The number of rotatable bonds is 14. The van der Waals surface area contributed by atoms with E-state index < -0.39 is 55.3 Å². The van der Waals surface area contributed by atoms with Gasteiger partial charge in [-0.1, -0.05) is 6.07 Å². The molecule has 0 saturated heterocycles. The van der Waals surface area contributed by atoms with Crippen LogP contribution < -0.4 is 15.1 Å². The SMILES string of the molecule is Cc1cc(=O)c2cc3c(c(N4C=C5N=CC=C5C4)c2o1)O[C@](C)(CCCO)[C@H](OOC[C@@](O)(Cc1ccc(O)c2ccc(O)cc12)[C@@H](O)[C@H](O)[C@H](O)CO)C3. The number of fused-ring (bicyclic) bond motifs is 4. The number of allylic oxidation sites excluding steroid dienone is 1. The molecule has 292 valence electrons. The van der Waals surface area contributed by atoms with Crippen molar-refractivity contribution in [3.8, 4) is 17.2 Å². The van der Waals surface area contributed by atoms with Gasteiger partial charge in [0.2, 0.25) is 0 Å². The zero-order chi connectivity index (χ0) is 39.2. The van der Waals surface area contributed by atoms with Crippen molar-refractivity contribution in [2.24, 2.45) is 4.99 Å². The number of aliphatic hydroxyl groups is 6. The van der Waals surface area contributed by atoms with E-state index in [1.54, 1.807) is 26.1 Å². The molecule has 3 aliphatic heterocycles. The lowest BCUT2D eigenvalue weighted by Crippen LogP contribution is -2.58. The molecule has 0 aliphatic carbocycles. The van der Waals surface area contributed by atoms with E-state index in [0.29, 0.717) is 63.0 Å². The van der Waals surface area contributed by atoms with E-state index in [0.717, 1.165) is 11.3 Å². The van der Waals surface area contributed by atoms with E-state index in [-0.39, 0.29) is 36.4 Å². The maximum Gasteiger partial charge on any atom is 0.193 e. The van der Waals surface area contributed by atoms with Gasteiger partial charge in [-0.25, -0.2) is 9.78 Å². The van der Waals surface area contributed by atoms with Crippen LogP contribution in [0.2, 0.25) is 0 Å². The van der Waals surface area contributed by atoms with Crippen molar-refractivity contribution >= 4 is 33.6 Å². The lowest BCUT2D eigenvalue weighted by Gasteiger charge is -2.43. The van der Waals surface area contributed by atoms with E-state index in [2.05, 4.69) is 4.99 Å². The second kappa shape index (κ2) is 15.0. The van der Waals surface area contributed by atoms with Crippen LogP contribution in [-0.4, -0.2) is 109 Å². The molecule has 55 heavy (non-hydrogen) atoms. The molecule has 0 saturated carbocycles. The van der Waals surface area contributed by atoms with Gasteiger partial charge < -0.3 is 54.9 Å². The van der Waals surface area contributed by atoms with Crippen molar-refractivity contribution in [3.63, 3.8) is 0 Å². The summed E-state index contributed by atoms with van der Waals surface area (Å²) >= 11 is 0. The Morgan fingerprint density at radius 2 is 1.87 bits per heavy atom. The van der Waals surface area contributed by atoms with Crippen molar-refractivity contribution in [2.45, 2.75) is 75.1 Å². The van der Waals surface area contributed by atoms with Crippen molar-refractivity contribution in [3.05, 3.63) is 93.1 Å². The first-order chi connectivity index (χ1) is 26.2. The van der Waals surface area contributed by atoms with Crippen LogP contribution in [0.4, 0.5) is 5.69 Å². The minimum absolute atomic E-state index is 0.100. The largest absolute Gasteiger partial charge is 0.508 e. The first-order valence-electron chi connectivity index (χ1n) is 18.0. The summed E-state index contributed by atoms with van der Waals surface area (Å²) in [5.41, 5.74) is -0.269. The van der Waals surface area contributed by atoms with E-state index in [1.807, 2.05) is 17.2 Å². The van der Waals surface area contributed by atoms with Crippen LogP contribution in [0, 0.1) is 6.92 Å². The molecule has 4 aromatic rings. The van der Waals surface area contributed by atoms with Crippen LogP contribution in [-0.2, 0) is 22.6 Å². The van der Waals surface area contributed by atoms with Crippen molar-refractivity contribution in [1.82, 2.24) is 0 Å². The van der Waals surface area contributed by atoms with Crippen LogP contribution in [0.15, 0.2) is 80.2 Å². The topological polar surface area (TPSA) is 235 Å². The highest BCUT2D eigenvalue weighted by Crippen LogP contribution is 2.48. The van der Waals surface area contributed by atoms with Crippen molar-refractivity contribution < 1.29 is 59.8 Å². The summed E-state index contributed by atoms with van der Waals surface area (Å²) in [5.74, 6) is 0.632. The molecule has 15 nitrogen and oxygen atoms in total. The zero-order valence-electron chi connectivity index (χ0n) is 30.3. The van der Waals surface area contributed by atoms with Gasteiger partial charge in [0.25, 0.3) is 0 Å². The Labute approximate surface area is 314 Å². The third-order valence-electron chi connectivity index (χ3n) is 10.6. The molecule has 3 aliphatic rings. The quantitative estimate of drug-likeness (QED) is 0.0680. The van der Waals surface area contributed by atoms with Gasteiger partial charge >= 0.3 is 0 Å². The average molecular weight is 761 g/mol. The molecule has 0 radical (unpaired) electrons. The summed E-state index contributed by atoms with van der Waals surface area (Å²) in [6.45, 7) is 2.06. The molecule has 0 spiro atoms. The lowest BCUT2D eigenvalue weighted by molar-refractivity contribution is -0.371. The molecule has 0 amide bonds. The molecular formula is C40H44N2O13. The van der Waals surface area contributed by atoms with Gasteiger partial charge in [-0.15, -0.1) is 0 Å². The average Bonchev–Trinajstić information content (AvgIpc) is 3.77. The van der Waals surface area contributed by atoms with Crippen LogP contribution in [0.25, 0.3) is 21.7 Å². The number of ether oxygens (including phenoxy) is 1. The monoisotopic (exact) mass is 760 g/mol. The molecule has 8 N–H and O–H groups in total. The molecule has 0 bridgehead atoms. The molecule has 15 heteroatoms. The first kappa shape index (κ1) is 38.4. The van der Waals surface area contributed by atoms with Crippen LogP contribution >= 0.6 is 0 Å². The number of anilines is 1. The fourth-order valence-corrected chi connectivity index (χ4v) is 7.55. The van der Waals surface area contributed by atoms with Gasteiger partial charge in [-0.05, 0) is 74.0 Å². The number of phenolic OH excluding ortho intramolecular Hbond substituents is 2. The Morgan fingerprint density at radius 3 is 2.62 bits per heavy atom. The van der Waals surface area contributed by atoms with Gasteiger partial charge in [0, 0.05) is 54.5 Å². The number of hydrogen-bond acceptors (Lipinski definition) is 15. The third-order valence-corrected chi connectivity index (χ3v) is 10.6. The van der Waals surface area contributed by atoms with E-state index in [9.17, 15) is 45.6 Å². The fourth-order valence-electron chi connectivity index (χ4n) is 7.55. The Kier molecular flexibility index (Phi) is 10.5. The minimum atomic E-state index is -2.39. The number of aliphatic hydroxyl groups excluding tert-OH is 5. The third kappa shape index (κ3) is 7.21. The summed E-state index contributed by atoms with van der Waals surface area (Å²) in [4.78, 5) is 31.4. The number of aromatic hydroxyl groups is 2. The smallest absolute Gasteiger partial charge is 0.193 e. The summed E-state index contributed by atoms with van der Waals surface area (Å²) < 4.78 is 13.0. The highest BCUT2D eigenvalue weighted by Gasteiger charge is 2.47. The van der Waals surface area contributed by atoms with E-state index in [1.165, 1.54) is 36.4 Å². The Bertz CT molecular complexity index is 2270. The van der Waals surface area contributed by atoms with Gasteiger partial charge in [0.15, 0.2) is 16.8 Å². The van der Waals surface area contributed by atoms with Gasteiger partial charge in [0.05, 0.1) is 24.2 Å². The molecule has 0 unspecified atom stereocenters. The van der Waals surface area contributed by atoms with Crippen molar-refractivity contribution in [2.75, 3.05) is 31.3 Å². The number of nitrogens with zero attached hydrogens (tertiary/aromatic N) is 2. The maximum atomic E-state index is 13.4. The van der Waals surface area contributed by atoms with Crippen LogP contribution in [0.1, 0.15) is 36.7 Å². The highest BCUT2D eigenvalue weighted by atomic mass is 17.2. The number of aliphatic imine (C=N–C) groups is 1. The number of benzene rings is 3. The fraction of sp³-hybridized carbons (Fsp3) is 0.400. The second-order valence-corrected chi connectivity index (χ2v) is 14.7. The predicted molar refractivity (Wildman–Crippen MR) is 200 cm³/mol. The van der Waals surface area contributed by atoms with Crippen LogP contribution in [0.5, 0.6) is 17.2 Å². The summed E-state index contributed by atoms with van der Waals surface area (Å²) in [6, 6.07) is 10.1. The summed E-state index contributed by atoms with van der Waals surface area (Å²) in [7, 11) is 0. The molecule has 0 fully saturated rings. The summed E-state index contributed by atoms with van der Waals surface area (Å²) in [6.07, 6.45) is -1.10. The zero-order valence-corrected chi connectivity index (χ0v) is 30.3. The van der Waals surface area contributed by atoms with Gasteiger partial charge in [-0.3, -0.25) is 9.79 Å². The Hall–Kier alpha value is -4.84. The second-order valence-electron chi connectivity index (χ2n) is 14.7. The number of aryl methyl sites for hydroxylation is 1. The molecule has 1 aromatic heterocycles. The van der Waals surface area contributed by atoms with Gasteiger partial charge in [-0.2, -0.15) is 0 Å². The normalized spacial score (nSPS) is 21.8. The lowest BCUT2D eigenvalue weighted by atomic mass is 9.84. The molecular weight excluding hydrogens is 716 g/mol. The summed E-state index contributed by atoms with van der Waals surface area (Å²) in [5, 5.41) is 85.3. The first-order valence-corrected chi connectivity index (χ1v) is 18.0. The van der Waals surface area contributed by atoms with Crippen molar-refractivity contribution in [1.29, 1.82) is 0 Å². The van der Waals surface area contributed by atoms with E-state index >= 15 is 0 Å². The maximum absolute atomic E-state index is 13.4. The molecule has 6 atom stereocenters. The standard InChI is InChI=1S/C40H44N2O13/c1-21-12-31(47)28-13-24-14-33(39(2,9-3-11-43)54-36(24)34(37(28)53-21)42-17-23-8-10-41-29(23)18-42)55-52-20-40(51,38(50)35(49)32(48)19-44)16-22-4-7-30(46)26-6-5-25(45)15-27(22)26/h4-8,10,12-13,15,18,32-33,35,38,43-46,48-51H,3,9,11,14,16-17,19-20H2,1-2H3/t32-,33-,35-,38+,39-,40+/m1/s1. The van der Waals surface area contributed by atoms with Gasteiger partial charge in [0.1, 0.15) is 65.2 Å². The molecule has 7 rings (SSSR count). The number of phenols is 2. The highest BCUT2D eigenvalue weighted by molar-refractivity contribution is 5.96. The number of hydrogen-bond donors (Lipinski definition) is 8. The Balaban J connectivity index is 1.23. The van der Waals surface area contributed by atoms with Crippen LogP contribution in [0.3, 0.4) is 0 Å².